The number of anilines is 1. The highest BCUT2D eigenvalue weighted by atomic mass is 35.5. The van der Waals surface area contributed by atoms with Crippen LogP contribution in [0.2, 0.25) is 5.02 Å². The minimum atomic E-state index is -0.507. The zero-order valence-corrected chi connectivity index (χ0v) is 16.6. The predicted molar refractivity (Wildman–Crippen MR) is 110 cm³/mol. The van der Waals surface area contributed by atoms with E-state index in [1.54, 1.807) is 29.2 Å². The van der Waals surface area contributed by atoms with Gasteiger partial charge in [0.05, 0.1) is 26.1 Å². The number of fused-ring (bicyclic) bond motifs is 1. The summed E-state index contributed by atoms with van der Waals surface area (Å²) in [5.41, 5.74) is 0.623. The molecule has 8 nitrogen and oxygen atoms in total. The Morgan fingerprint density at radius 1 is 1.25 bits per heavy atom. The molecule has 28 heavy (non-hydrogen) atoms. The summed E-state index contributed by atoms with van der Waals surface area (Å²) < 4.78 is 2.56. The summed E-state index contributed by atoms with van der Waals surface area (Å²) in [5, 5.41) is 16.0. The number of thiophene rings is 1. The Bertz CT molecular complexity index is 1150. The second-order valence-electron chi connectivity index (χ2n) is 5.70. The van der Waals surface area contributed by atoms with Crippen LogP contribution in [0.3, 0.4) is 0 Å². The molecule has 3 aromatic heterocycles. The van der Waals surface area contributed by atoms with Gasteiger partial charge in [-0.25, -0.2) is 4.98 Å². The van der Waals surface area contributed by atoms with Crippen LogP contribution >= 0.6 is 34.3 Å². The lowest BCUT2D eigenvalue weighted by molar-refractivity contribution is -0.380. The quantitative estimate of drug-likeness (QED) is 0.330. The first kappa shape index (κ1) is 18.5. The minimum absolute atomic E-state index is 0.0808. The van der Waals surface area contributed by atoms with E-state index in [1.165, 1.54) is 28.4 Å². The molecule has 3 heterocycles. The number of nitro groups is 1. The molecule has 4 rings (SSSR count). The highest BCUT2D eigenvalue weighted by Crippen LogP contribution is 2.34. The van der Waals surface area contributed by atoms with Crippen molar-refractivity contribution in [2.24, 2.45) is 0 Å². The summed E-state index contributed by atoms with van der Waals surface area (Å²) in [4.78, 5) is 29.9. The molecular formula is C17H12ClN5O3S2. The fourth-order valence-corrected chi connectivity index (χ4v) is 4.67. The summed E-state index contributed by atoms with van der Waals surface area (Å²) in [6.45, 7) is 0.763. The molecule has 0 saturated carbocycles. The molecule has 142 valence electrons. The van der Waals surface area contributed by atoms with E-state index in [4.69, 9.17) is 11.6 Å². The maximum absolute atomic E-state index is 13.1. The molecule has 0 spiro atoms. The summed E-state index contributed by atoms with van der Waals surface area (Å²) >= 11 is 8.41. The van der Waals surface area contributed by atoms with Crippen LogP contribution in [0.1, 0.15) is 9.67 Å². The first-order valence-electron chi connectivity index (χ1n) is 8.11. The number of amides is 1. The molecule has 4 aromatic rings. The van der Waals surface area contributed by atoms with Crippen molar-refractivity contribution < 1.29 is 9.72 Å². The first-order chi connectivity index (χ1) is 13.5. The Morgan fingerprint density at radius 3 is 2.79 bits per heavy atom. The lowest BCUT2D eigenvalue weighted by Crippen LogP contribution is -2.33. The Hall–Kier alpha value is -2.82. The normalized spacial score (nSPS) is 11.0. The minimum Gasteiger partial charge on any atom is -0.281 e. The zero-order chi connectivity index (χ0) is 19.7. The standard InChI is InChI=1S/C17H12ClN5O3S2/c18-11-3-1-4-12-15(11)20-17(28-12)22(10-9-21-8-2-7-19-21)16(24)13-5-6-14(27-13)23(25)26/h1-8H,9-10H2. The van der Waals surface area contributed by atoms with Crippen LogP contribution in [0.4, 0.5) is 10.1 Å². The number of hydrogen-bond donors (Lipinski definition) is 0. The molecule has 0 atom stereocenters. The molecule has 1 aromatic carbocycles. The van der Waals surface area contributed by atoms with Crippen LogP contribution in [0.15, 0.2) is 48.8 Å². The van der Waals surface area contributed by atoms with Gasteiger partial charge in [-0.3, -0.25) is 24.5 Å². The van der Waals surface area contributed by atoms with Crippen molar-refractivity contribution >= 4 is 60.5 Å². The zero-order valence-electron chi connectivity index (χ0n) is 14.2. The maximum Gasteiger partial charge on any atom is 0.324 e. The molecule has 0 aliphatic rings. The number of thiazole rings is 1. The predicted octanol–water partition coefficient (Wildman–Crippen LogP) is 4.46. The van der Waals surface area contributed by atoms with Gasteiger partial charge in [-0.2, -0.15) is 5.10 Å². The van der Waals surface area contributed by atoms with E-state index in [-0.39, 0.29) is 15.8 Å². The third kappa shape index (κ3) is 3.61. The first-order valence-corrected chi connectivity index (χ1v) is 10.1. The van der Waals surface area contributed by atoms with Crippen molar-refractivity contribution in [3.05, 3.63) is 68.8 Å². The molecule has 0 aliphatic heterocycles. The average Bonchev–Trinajstić information content (AvgIpc) is 3.42. The summed E-state index contributed by atoms with van der Waals surface area (Å²) in [5.74, 6) is -0.347. The highest BCUT2D eigenvalue weighted by molar-refractivity contribution is 7.22. The van der Waals surface area contributed by atoms with Gasteiger partial charge in [0.2, 0.25) is 0 Å². The Labute approximate surface area is 171 Å². The van der Waals surface area contributed by atoms with Crippen molar-refractivity contribution in [1.29, 1.82) is 0 Å². The number of para-hydroxylation sites is 1. The number of benzene rings is 1. The van der Waals surface area contributed by atoms with E-state index in [2.05, 4.69) is 10.1 Å². The van der Waals surface area contributed by atoms with E-state index >= 15 is 0 Å². The second kappa shape index (κ2) is 7.66. The number of carbonyl (C=O) groups excluding carboxylic acids is 1. The van der Waals surface area contributed by atoms with Crippen molar-refractivity contribution in [3.8, 4) is 0 Å². The Kier molecular flexibility index (Phi) is 5.07. The largest absolute Gasteiger partial charge is 0.324 e. The van der Waals surface area contributed by atoms with Crippen molar-refractivity contribution in [2.45, 2.75) is 6.54 Å². The van der Waals surface area contributed by atoms with Gasteiger partial charge in [-0.1, -0.05) is 40.3 Å². The Morgan fingerprint density at radius 2 is 2.11 bits per heavy atom. The number of hydrogen-bond acceptors (Lipinski definition) is 7. The fraction of sp³-hybridized carbons (Fsp3) is 0.118. The van der Waals surface area contributed by atoms with Gasteiger partial charge in [0.25, 0.3) is 5.91 Å². The second-order valence-corrected chi connectivity index (χ2v) is 8.18. The van der Waals surface area contributed by atoms with Gasteiger partial charge in [-0.05, 0) is 24.3 Å². The van der Waals surface area contributed by atoms with Gasteiger partial charge in [0, 0.05) is 25.0 Å². The van der Waals surface area contributed by atoms with Crippen LogP contribution in [-0.4, -0.2) is 32.1 Å². The molecule has 0 fully saturated rings. The fourth-order valence-electron chi connectivity index (χ4n) is 2.61. The molecular weight excluding hydrogens is 422 g/mol. The van der Waals surface area contributed by atoms with Crippen LogP contribution in [0.25, 0.3) is 10.2 Å². The number of nitrogens with zero attached hydrogens (tertiary/aromatic N) is 5. The van der Waals surface area contributed by atoms with E-state index < -0.39 is 4.92 Å². The van der Waals surface area contributed by atoms with Gasteiger partial charge in [0.15, 0.2) is 5.13 Å². The number of aromatic nitrogens is 3. The van der Waals surface area contributed by atoms with Crippen LogP contribution in [0.5, 0.6) is 0 Å². The molecule has 0 unspecified atom stereocenters. The molecule has 1 amide bonds. The molecule has 0 saturated heterocycles. The smallest absolute Gasteiger partial charge is 0.281 e. The van der Waals surface area contributed by atoms with E-state index in [9.17, 15) is 14.9 Å². The molecule has 0 N–H and O–H groups in total. The van der Waals surface area contributed by atoms with E-state index in [0.29, 0.717) is 28.8 Å². The Balaban J connectivity index is 1.70. The third-order valence-electron chi connectivity index (χ3n) is 3.93. The van der Waals surface area contributed by atoms with Crippen molar-refractivity contribution in [2.75, 3.05) is 11.4 Å². The van der Waals surface area contributed by atoms with E-state index in [0.717, 1.165) is 16.0 Å². The maximum atomic E-state index is 13.1. The van der Waals surface area contributed by atoms with Gasteiger partial charge < -0.3 is 0 Å². The van der Waals surface area contributed by atoms with Gasteiger partial charge in [-0.15, -0.1) is 0 Å². The van der Waals surface area contributed by atoms with Crippen molar-refractivity contribution in [3.63, 3.8) is 0 Å². The van der Waals surface area contributed by atoms with Crippen molar-refractivity contribution in [1.82, 2.24) is 14.8 Å². The van der Waals surface area contributed by atoms with Crippen LogP contribution in [0, 0.1) is 10.1 Å². The molecule has 0 radical (unpaired) electrons. The summed E-state index contributed by atoms with van der Waals surface area (Å²) in [6.07, 6.45) is 3.46. The van der Waals surface area contributed by atoms with Crippen LogP contribution in [-0.2, 0) is 6.54 Å². The number of rotatable bonds is 6. The molecule has 0 bridgehead atoms. The lowest BCUT2D eigenvalue weighted by atomic mass is 10.3. The lowest BCUT2D eigenvalue weighted by Gasteiger charge is -2.19. The highest BCUT2D eigenvalue weighted by Gasteiger charge is 2.25. The van der Waals surface area contributed by atoms with Gasteiger partial charge in [0.1, 0.15) is 5.52 Å². The van der Waals surface area contributed by atoms with Crippen LogP contribution < -0.4 is 4.90 Å². The number of carbonyl (C=O) groups is 1. The monoisotopic (exact) mass is 433 g/mol. The molecule has 11 heteroatoms. The SMILES string of the molecule is O=C(c1ccc([N+](=O)[O-])s1)N(CCn1cccn1)c1nc2c(Cl)cccc2s1. The summed E-state index contributed by atoms with van der Waals surface area (Å²) in [6, 6.07) is 10.0. The topological polar surface area (TPSA) is 94.2 Å². The average molecular weight is 434 g/mol. The number of halogens is 1. The molecule has 0 aliphatic carbocycles. The summed E-state index contributed by atoms with van der Waals surface area (Å²) in [7, 11) is 0. The van der Waals surface area contributed by atoms with Gasteiger partial charge >= 0.3 is 5.00 Å². The third-order valence-corrected chi connectivity index (χ3v) is 6.30. The van der Waals surface area contributed by atoms with E-state index in [1.807, 2.05) is 12.1 Å².